The number of hydrogen-bond acceptors (Lipinski definition) is 5. The van der Waals surface area contributed by atoms with Crippen molar-refractivity contribution in [2.24, 2.45) is 5.92 Å². The minimum Gasteiger partial charge on any atom is -0.497 e. The molecule has 2 saturated heterocycles. The van der Waals surface area contributed by atoms with Crippen LogP contribution in [-0.2, 0) is 4.79 Å². The van der Waals surface area contributed by atoms with Gasteiger partial charge in [0.25, 0.3) is 5.91 Å². The van der Waals surface area contributed by atoms with Crippen LogP contribution in [0.3, 0.4) is 0 Å². The Labute approximate surface area is 186 Å². The van der Waals surface area contributed by atoms with E-state index in [0.29, 0.717) is 37.2 Å². The molecule has 0 spiro atoms. The van der Waals surface area contributed by atoms with Gasteiger partial charge in [0.2, 0.25) is 5.91 Å². The minimum atomic E-state index is -0.0593. The van der Waals surface area contributed by atoms with E-state index in [2.05, 4.69) is 9.97 Å². The standard InChI is InChI=1S/C24H27N5O3/c1-32-18-5-2-4-17(14-18)23(30)28-12-8-16(9-13-28)24(31)29-11-3-6-21(29)22-26-19-7-10-25-15-20(19)27-22/h2,4-5,7,10,14-16,21H,3,6,8-9,11-13H2,1H3,(H,26,27). The number of aromatic amines is 1. The molecule has 1 unspecified atom stereocenters. The summed E-state index contributed by atoms with van der Waals surface area (Å²) in [6.45, 7) is 1.92. The number of nitrogens with one attached hydrogen (secondary N) is 1. The maximum Gasteiger partial charge on any atom is 0.253 e. The van der Waals surface area contributed by atoms with Crippen molar-refractivity contribution in [3.63, 3.8) is 0 Å². The van der Waals surface area contributed by atoms with Gasteiger partial charge in [-0.3, -0.25) is 14.6 Å². The summed E-state index contributed by atoms with van der Waals surface area (Å²) < 4.78 is 5.23. The second-order valence-corrected chi connectivity index (χ2v) is 8.50. The number of likely N-dealkylation sites (tertiary alicyclic amines) is 2. The van der Waals surface area contributed by atoms with E-state index in [1.54, 1.807) is 31.6 Å². The number of fused-ring (bicyclic) bond motifs is 1. The molecule has 166 valence electrons. The summed E-state index contributed by atoms with van der Waals surface area (Å²) in [4.78, 5) is 42.3. The van der Waals surface area contributed by atoms with Gasteiger partial charge in [-0.2, -0.15) is 0 Å². The van der Waals surface area contributed by atoms with Crippen LogP contribution in [0, 0.1) is 5.92 Å². The minimum absolute atomic E-state index is 0.00951. The molecule has 4 heterocycles. The number of aromatic nitrogens is 3. The number of pyridine rings is 1. The highest BCUT2D eigenvalue weighted by Crippen LogP contribution is 2.34. The highest BCUT2D eigenvalue weighted by atomic mass is 16.5. The molecule has 1 atom stereocenters. The van der Waals surface area contributed by atoms with Crippen LogP contribution >= 0.6 is 0 Å². The van der Waals surface area contributed by atoms with Gasteiger partial charge in [0.05, 0.1) is 30.4 Å². The predicted octanol–water partition coefficient (Wildman–Crippen LogP) is 3.18. The average molecular weight is 434 g/mol. The second kappa shape index (κ2) is 8.61. The van der Waals surface area contributed by atoms with Crippen molar-refractivity contribution in [3.05, 3.63) is 54.1 Å². The number of H-pyrrole nitrogens is 1. The highest BCUT2D eigenvalue weighted by Gasteiger charge is 2.37. The van der Waals surface area contributed by atoms with Gasteiger partial charge >= 0.3 is 0 Å². The molecule has 3 aromatic rings. The summed E-state index contributed by atoms with van der Waals surface area (Å²) in [6.07, 6.45) is 6.74. The first-order valence-electron chi connectivity index (χ1n) is 11.2. The summed E-state index contributed by atoms with van der Waals surface area (Å²) in [5.41, 5.74) is 2.39. The zero-order chi connectivity index (χ0) is 22.1. The van der Waals surface area contributed by atoms with Crippen molar-refractivity contribution in [1.29, 1.82) is 0 Å². The number of ether oxygens (including phenoxy) is 1. The lowest BCUT2D eigenvalue weighted by atomic mass is 9.94. The van der Waals surface area contributed by atoms with Crippen molar-refractivity contribution in [1.82, 2.24) is 24.8 Å². The van der Waals surface area contributed by atoms with Crippen LogP contribution in [0.5, 0.6) is 5.75 Å². The SMILES string of the molecule is COc1cccc(C(=O)N2CCC(C(=O)N3CCCC3c3nc4ccncc4[nH]3)CC2)c1. The first kappa shape index (κ1) is 20.5. The average Bonchev–Trinajstić information content (AvgIpc) is 3.50. The molecule has 8 heteroatoms. The number of amides is 2. The van der Waals surface area contributed by atoms with E-state index < -0.39 is 0 Å². The summed E-state index contributed by atoms with van der Waals surface area (Å²) in [5, 5.41) is 0. The summed E-state index contributed by atoms with van der Waals surface area (Å²) >= 11 is 0. The van der Waals surface area contributed by atoms with Crippen LogP contribution in [0.4, 0.5) is 0 Å². The lowest BCUT2D eigenvalue weighted by Crippen LogP contribution is -2.44. The zero-order valence-electron chi connectivity index (χ0n) is 18.2. The van der Waals surface area contributed by atoms with E-state index in [1.165, 1.54) is 0 Å². The maximum atomic E-state index is 13.4. The fourth-order valence-electron chi connectivity index (χ4n) is 4.85. The van der Waals surface area contributed by atoms with Crippen LogP contribution in [0.2, 0.25) is 0 Å². The van der Waals surface area contributed by atoms with E-state index >= 15 is 0 Å². The van der Waals surface area contributed by atoms with E-state index in [4.69, 9.17) is 9.72 Å². The van der Waals surface area contributed by atoms with E-state index in [1.807, 2.05) is 28.0 Å². The first-order chi connectivity index (χ1) is 15.6. The number of methoxy groups -OCH3 is 1. The first-order valence-corrected chi connectivity index (χ1v) is 11.2. The Morgan fingerprint density at radius 1 is 1.12 bits per heavy atom. The molecule has 8 nitrogen and oxygen atoms in total. The largest absolute Gasteiger partial charge is 0.497 e. The molecule has 1 N–H and O–H groups in total. The highest BCUT2D eigenvalue weighted by molar-refractivity contribution is 5.94. The molecule has 0 aliphatic carbocycles. The molecule has 2 aliphatic rings. The van der Waals surface area contributed by atoms with Crippen molar-refractivity contribution in [2.75, 3.05) is 26.7 Å². The second-order valence-electron chi connectivity index (χ2n) is 8.50. The fourth-order valence-corrected chi connectivity index (χ4v) is 4.85. The number of imidazole rings is 1. The monoisotopic (exact) mass is 433 g/mol. The van der Waals surface area contributed by atoms with E-state index in [-0.39, 0.29) is 23.8 Å². The molecule has 0 bridgehead atoms. The smallest absolute Gasteiger partial charge is 0.253 e. The Morgan fingerprint density at radius 3 is 2.75 bits per heavy atom. The molecular formula is C24H27N5O3. The summed E-state index contributed by atoms with van der Waals surface area (Å²) in [7, 11) is 1.59. The van der Waals surface area contributed by atoms with Gasteiger partial charge < -0.3 is 19.5 Å². The Bertz CT molecular complexity index is 1100. The van der Waals surface area contributed by atoms with Crippen LogP contribution in [-0.4, -0.2) is 63.3 Å². The predicted molar refractivity (Wildman–Crippen MR) is 119 cm³/mol. The molecule has 1 aromatic carbocycles. The number of piperidine rings is 1. The third kappa shape index (κ3) is 3.81. The quantitative estimate of drug-likeness (QED) is 0.682. The van der Waals surface area contributed by atoms with E-state index in [0.717, 1.165) is 36.2 Å². The number of carbonyl (C=O) groups excluding carboxylic acids is 2. The van der Waals surface area contributed by atoms with Gasteiger partial charge in [0.15, 0.2) is 0 Å². The zero-order valence-corrected chi connectivity index (χ0v) is 18.2. The molecule has 2 aromatic heterocycles. The van der Waals surface area contributed by atoms with Gasteiger partial charge in [-0.1, -0.05) is 6.07 Å². The molecule has 2 amide bonds. The lowest BCUT2D eigenvalue weighted by Gasteiger charge is -2.34. The lowest BCUT2D eigenvalue weighted by molar-refractivity contribution is -0.138. The fraction of sp³-hybridized carbons (Fsp3) is 0.417. The number of nitrogens with zero attached hydrogens (tertiary/aromatic N) is 4. The topological polar surface area (TPSA) is 91.4 Å². The van der Waals surface area contributed by atoms with Gasteiger partial charge in [0, 0.05) is 37.3 Å². The molecule has 0 radical (unpaired) electrons. The Balaban J connectivity index is 1.24. The Morgan fingerprint density at radius 2 is 1.97 bits per heavy atom. The number of hydrogen-bond donors (Lipinski definition) is 1. The number of carbonyl (C=O) groups is 2. The molecular weight excluding hydrogens is 406 g/mol. The van der Waals surface area contributed by atoms with Crippen LogP contribution in [0.15, 0.2) is 42.7 Å². The maximum absolute atomic E-state index is 13.4. The van der Waals surface area contributed by atoms with Crippen LogP contribution in [0.25, 0.3) is 11.0 Å². The molecule has 2 aliphatic heterocycles. The Hall–Kier alpha value is -3.42. The third-order valence-corrected chi connectivity index (χ3v) is 6.60. The van der Waals surface area contributed by atoms with Gasteiger partial charge in [-0.15, -0.1) is 0 Å². The van der Waals surface area contributed by atoms with Gasteiger partial charge in [0.1, 0.15) is 11.6 Å². The van der Waals surface area contributed by atoms with Crippen molar-refractivity contribution >= 4 is 22.8 Å². The Kier molecular flexibility index (Phi) is 5.51. The molecule has 2 fully saturated rings. The van der Waals surface area contributed by atoms with Gasteiger partial charge in [-0.25, -0.2) is 4.98 Å². The summed E-state index contributed by atoms with van der Waals surface area (Å²) in [5.74, 6) is 1.62. The van der Waals surface area contributed by atoms with Gasteiger partial charge in [-0.05, 0) is 49.9 Å². The van der Waals surface area contributed by atoms with E-state index in [9.17, 15) is 9.59 Å². The van der Waals surface area contributed by atoms with Crippen molar-refractivity contribution in [2.45, 2.75) is 31.7 Å². The third-order valence-electron chi connectivity index (χ3n) is 6.60. The normalized spacial score (nSPS) is 19.5. The molecule has 32 heavy (non-hydrogen) atoms. The van der Waals surface area contributed by atoms with Crippen molar-refractivity contribution < 1.29 is 14.3 Å². The number of rotatable bonds is 4. The van der Waals surface area contributed by atoms with Crippen LogP contribution < -0.4 is 4.74 Å². The summed E-state index contributed by atoms with van der Waals surface area (Å²) in [6, 6.07) is 9.07. The number of benzene rings is 1. The van der Waals surface area contributed by atoms with Crippen LogP contribution in [0.1, 0.15) is 47.9 Å². The molecule has 0 saturated carbocycles. The molecule has 5 rings (SSSR count). The van der Waals surface area contributed by atoms with Crippen molar-refractivity contribution in [3.8, 4) is 5.75 Å².